The van der Waals surface area contributed by atoms with Crippen LogP contribution in [0.2, 0.25) is 0 Å². The molecule has 0 saturated carbocycles. The van der Waals surface area contributed by atoms with Crippen molar-refractivity contribution in [3.05, 3.63) is 11.6 Å². The minimum atomic E-state index is 0.451. The van der Waals surface area contributed by atoms with Crippen molar-refractivity contribution < 1.29 is 4.74 Å². The van der Waals surface area contributed by atoms with Crippen LogP contribution in [-0.2, 0) is 4.74 Å². The monoisotopic (exact) mass is 168 g/mol. The van der Waals surface area contributed by atoms with E-state index in [1.54, 1.807) is 5.57 Å². The topological polar surface area (TPSA) is 9.23 Å². The summed E-state index contributed by atoms with van der Waals surface area (Å²) in [4.78, 5) is 0. The highest BCUT2D eigenvalue weighted by molar-refractivity contribution is 5.09. The molecule has 1 heterocycles. The van der Waals surface area contributed by atoms with Crippen LogP contribution in [0.3, 0.4) is 0 Å². The molecule has 1 aliphatic rings. The third kappa shape index (κ3) is 2.34. The zero-order valence-electron chi connectivity index (χ0n) is 8.63. The van der Waals surface area contributed by atoms with Gasteiger partial charge < -0.3 is 4.74 Å². The third-order valence-electron chi connectivity index (χ3n) is 2.58. The van der Waals surface area contributed by atoms with Crippen molar-refractivity contribution in [3.8, 4) is 0 Å². The summed E-state index contributed by atoms with van der Waals surface area (Å²) in [5, 5.41) is 0. The fourth-order valence-electron chi connectivity index (χ4n) is 1.55. The van der Waals surface area contributed by atoms with Crippen LogP contribution in [0.15, 0.2) is 11.6 Å². The zero-order valence-corrected chi connectivity index (χ0v) is 8.63. The van der Waals surface area contributed by atoms with Gasteiger partial charge in [0.1, 0.15) is 0 Å². The molecule has 0 bridgehead atoms. The average molecular weight is 168 g/mol. The molecule has 0 N–H and O–H groups in total. The minimum Gasteiger partial charge on any atom is -0.374 e. The van der Waals surface area contributed by atoms with Crippen LogP contribution >= 0.6 is 0 Å². The number of hydrogen-bond acceptors (Lipinski definition) is 1. The standard InChI is InChI=1S/C11H20O/c1-8(2)10-5-6-12-11(7-10)9(3)4/h5,8-9,11H,6-7H2,1-4H3. The van der Waals surface area contributed by atoms with Gasteiger partial charge in [0, 0.05) is 0 Å². The Morgan fingerprint density at radius 1 is 1.33 bits per heavy atom. The van der Waals surface area contributed by atoms with E-state index in [0.29, 0.717) is 17.9 Å². The number of ether oxygens (including phenoxy) is 1. The van der Waals surface area contributed by atoms with Gasteiger partial charge in [0.15, 0.2) is 0 Å². The lowest BCUT2D eigenvalue weighted by atomic mass is 9.91. The maximum atomic E-state index is 5.64. The molecule has 0 aliphatic carbocycles. The Morgan fingerprint density at radius 3 is 2.50 bits per heavy atom. The van der Waals surface area contributed by atoms with Crippen LogP contribution < -0.4 is 0 Å². The summed E-state index contributed by atoms with van der Waals surface area (Å²) in [6.07, 6.45) is 3.83. The molecule has 0 spiro atoms. The van der Waals surface area contributed by atoms with E-state index in [1.807, 2.05) is 0 Å². The molecule has 0 aromatic heterocycles. The maximum absolute atomic E-state index is 5.64. The maximum Gasteiger partial charge on any atom is 0.0654 e. The quantitative estimate of drug-likeness (QED) is 0.576. The summed E-state index contributed by atoms with van der Waals surface area (Å²) in [6, 6.07) is 0. The molecule has 1 rings (SSSR count). The van der Waals surface area contributed by atoms with Crippen molar-refractivity contribution in [1.82, 2.24) is 0 Å². The Hall–Kier alpha value is -0.300. The molecule has 0 fully saturated rings. The molecule has 1 unspecified atom stereocenters. The molecule has 0 amide bonds. The van der Waals surface area contributed by atoms with E-state index in [1.165, 1.54) is 0 Å². The first kappa shape index (κ1) is 9.79. The highest BCUT2D eigenvalue weighted by Gasteiger charge is 2.20. The van der Waals surface area contributed by atoms with E-state index in [0.717, 1.165) is 13.0 Å². The van der Waals surface area contributed by atoms with Gasteiger partial charge in [-0.1, -0.05) is 39.3 Å². The fraction of sp³-hybridized carbons (Fsp3) is 0.818. The Bertz CT molecular complexity index is 168. The van der Waals surface area contributed by atoms with Gasteiger partial charge in [-0.25, -0.2) is 0 Å². The summed E-state index contributed by atoms with van der Waals surface area (Å²) in [7, 11) is 0. The molecule has 1 heteroatoms. The largest absolute Gasteiger partial charge is 0.374 e. The summed E-state index contributed by atoms with van der Waals surface area (Å²) in [5.41, 5.74) is 1.57. The minimum absolute atomic E-state index is 0.451. The van der Waals surface area contributed by atoms with Gasteiger partial charge in [0.25, 0.3) is 0 Å². The second-order valence-electron chi connectivity index (χ2n) is 4.25. The number of hydrogen-bond donors (Lipinski definition) is 0. The second kappa shape index (κ2) is 4.08. The summed E-state index contributed by atoms with van der Waals surface area (Å²) in [6.45, 7) is 9.79. The van der Waals surface area contributed by atoms with Crippen LogP contribution in [0.4, 0.5) is 0 Å². The first-order chi connectivity index (χ1) is 5.61. The molecule has 1 nitrogen and oxygen atoms in total. The first-order valence-electron chi connectivity index (χ1n) is 4.91. The van der Waals surface area contributed by atoms with Crippen LogP contribution in [0.5, 0.6) is 0 Å². The van der Waals surface area contributed by atoms with Gasteiger partial charge in [-0.05, 0) is 18.3 Å². The Morgan fingerprint density at radius 2 is 2.00 bits per heavy atom. The second-order valence-corrected chi connectivity index (χ2v) is 4.25. The van der Waals surface area contributed by atoms with Gasteiger partial charge in [-0.15, -0.1) is 0 Å². The van der Waals surface area contributed by atoms with Gasteiger partial charge >= 0.3 is 0 Å². The predicted molar refractivity (Wildman–Crippen MR) is 52.1 cm³/mol. The lowest BCUT2D eigenvalue weighted by molar-refractivity contribution is 0.0294. The van der Waals surface area contributed by atoms with E-state index >= 15 is 0 Å². The molecule has 1 aliphatic heterocycles. The van der Waals surface area contributed by atoms with Crippen molar-refractivity contribution in [2.24, 2.45) is 11.8 Å². The molecule has 0 saturated heterocycles. The molecule has 70 valence electrons. The van der Waals surface area contributed by atoms with Crippen molar-refractivity contribution in [2.75, 3.05) is 6.61 Å². The van der Waals surface area contributed by atoms with Gasteiger partial charge in [0.2, 0.25) is 0 Å². The van der Waals surface area contributed by atoms with Crippen molar-refractivity contribution in [2.45, 2.75) is 40.2 Å². The smallest absolute Gasteiger partial charge is 0.0654 e. The summed E-state index contributed by atoms with van der Waals surface area (Å²) in [5.74, 6) is 1.34. The van der Waals surface area contributed by atoms with E-state index < -0.39 is 0 Å². The Kier molecular flexibility index (Phi) is 3.33. The molecule has 12 heavy (non-hydrogen) atoms. The van der Waals surface area contributed by atoms with E-state index in [-0.39, 0.29) is 0 Å². The molecule has 0 radical (unpaired) electrons. The van der Waals surface area contributed by atoms with Crippen molar-refractivity contribution in [1.29, 1.82) is 0 Å². The highest BCUT2D eigenvalue weighted by atomic mass is 16.5. The van der Waals surface area contributed by atoms with E-state index in [2.05, 4.69) is 33.8 Å². The third-order valence-corrected chi connectivity index (χ3v) is 2.58. The summed E-state index contributed by atoms with van der Waals surface area (Å²) >= 11 is 0. The van der Waals surface area contributed by atoms with Crippen LogP contribution in [0.1, 0.15) is 34.1 Å². The van der Waals surface area contributed by atoms with Gasteiger partial charge in [-0.3, -0.25) is 0 Å². The molecule has 0 aromatic rings. The molecular weight excluding hydrogens is 148 g/mol. The van der Waals surface area contributed by atoms with Crippen LogP contribution in [-0.4, -0.2) is 12.7 Å². The number of rotatable bonds is 2. The van der Waals surface area contributed by atoms with Crippen molar-refractivity contribution in [3.63, 3.8) is 0 Å². The highest BCUT2D eigenvalue weighted by Crippen LogP contribution is 2.25. The van der Waals surface area contributed by atoms with E-state index in [4.69, 9.17) is 4.74 Å². The predicted octanol–water partition coefficient (Wildman–Crippen LogP) is 3.01. The molecular formula is C11H20O. The Labute approximate surface area is 75.8 Å². The zero-order chi connectivity index (χ0) is 9.14. The molecule has 0 aromatic carbocycles. The first-order valence-corrected chi connectivity index (χ1v) is 4.91. The van der Waals surface area contributed by atoms with Gasteiger partial charge in [-0.2, -0.15) is 0 Å². The van der Waals surface area contributed by atoms with Gasteiger partial charge in [0.05, 0.1) is 12.7 Å². The van der Waals surface area contributed by atoms with Crippen LogP contribution in [0, 0.1) is 11.8 Å². The van der Waals surface area contributed by atoms with Crippen molar-refractivity contribution >= 4 is 0 Å². The lowest BCUT2D eigenvalue weighted by Crippen LogP contribution is -2.25. The normalized spacial score (nSPS) is 24.8. The SMILES string of the molecule is CC(C)C1=CCOC(C(C)C)C1. The van der Waals surface area contributed by atoms with E-state index in [9.17, 15) is 0 Å². The Balaban J connectivity index is 2.53. The fourth-order valence-corrected chi connectivity index (χ4v) is 1.55. The average Bonchev–Trinajstić information content (AvgIpc) is 2.04. The van der Waals surface area contributed by atoms with Crippen LogP contribution in [0.25, 0.3) is 0 Å². The molecule has 1 atom stereocenters. The lowest BCUT2D eigenvalue weighted by Gasteiger charge is -2.28. The summed E-state index contributed by atoms with van der Waals surface area (Å²) < 4.78 is 5.64.